The molecule has 2 aliphatic rings. The fourth-order valence-electron chi connectivity index (χ4n) is 4.97. The van der Waals surface area contributed by atoms with E-state index in [1.807, 2.05) is 18.9 Å². The number of carbonyl (C=O) groups excluding carboxylic acids is 1. The summed E-state index contributed by atoms with van der Waals surface area (Å²) in [5.74, 6) is -0.540. The highest BCUT2D eigenvalue weighted by molar-refractivity contribution is 6.05. The van der Waals surface area contributed by atoms with Gasteiger partial charge in [-0.25, -0.2) is 9.78 Å². The van der Waals surface area contributed by atoms with E-state index in [0.29, 0.717) is 46.9 Å². The predicted octanol–water partition coefficient (Wildman–Crippen LogP) is 3.41. The van der Waals surface area contributed by atoms with Crippen molar-refractivity contribution < 1.29 is 18.0 Å². The van der Waals surface area contributed by atoms with Crippen molar-refractivity contribution in [2.24, 2.45) is 0 Å². The van der Waals surface area contributed by atoms with Gasteiger partial charge in [0.25, 0.3) is 5.91 Å². The number of fused-ring (bicyclic) bond motifs is 1. The first-order valence-corrected chi connectivity index (χ1v) is 13.2. The molecule has 1 amide bonds. The summed E-state index contributed by atoms with van der Waals surface area (Å²) < 4.78 is 41.3. The lowest BCUT2D eigenvalue weighted by atomic mass is 10.1. The molecule has 1 saturated heterocycles. The molecule has 0 saturated carbocycles. The van der Waals surface area contributed by atoms with Crippen LogP contribution in [0, 0.1) is 6.92 Å². The third-order valence-electron chi connectivity index (χ3n) is 7.35. The number of rotatable bonds is 5. The lowest BCUT2D eigenvalue weighted by molar-refractivity contribution is -0.137. The van der Waals surface area contributed by atoms with Gasteiger partial charge in [0.2, 0.25) is 0 Å². The Morgan fingerprint density at radius 1 is 1.02 bits per heavy atom. The average molecular weight is 580 g/mol. The van der Waals surface area contributed by atoms with Gasteiger partial charge in [0.15, 0.2) is 5.65 Å². The van der Waals surface area contributed by atoms with Crippen molar-refractivity contribution in [1.82, 2.24) is 30.8 Å². The standard InChI is InChI=1S/C28H28F3N9O2/c1-16-3-4-17(10-24(16)40-15-23(36-37-40)18-9-22-25(32-14-18)35-27(42)34-22)26(41)33-20-11-19(28(29,30)31)12-21(13-20)39-7-5-38(2)6-8-39/h3-4,9-15,36-37H,5-8H2,1-2H3,(H,33,41)(H2,32,34,35,42). The van der Waals surface area contributed by atoms with E-state index in [1.165, 1.54) is 0 Å². The number of carbonyl (C=O) groups is 1. The van der Waals surface area contributed by atoms with Gasteiger partial charge in [-0.1, -0.05) is 6.07 Å². The van der Waals surface area contributed by atoms with Crippen molar-refractivity contribution >= 4 is 39.8 Å². The van der Waals surface area contributed by atoms with Gasteiger partial charge in [0.1, 0.15) is 0 Å². The Morgan fingerprint density at radius 2 is 1.81 bits per heavy atom. The molecular weight excluding hydrogens is 551 g/mol. The number of halogens is 3. The van der Waals surface area contributed by atoms with E-state index in [2.05, 4.69) is 36.1 Å². The third kappa shape index (κ3) is 5.53. The molecule has 14 heteroatoms. The van der Waals surface area contributed by atoms with E-state index < -0.39 is 17.6 Å². The molecule has 4 aromatic rings. The van der Waals surface area contributed by atoms with Gasteiger partial charge >= 0.3 is 11.9 Å². The van der Waals surface area contributed by atoms with Crippen LogP contribution in [0.4, 0.5) is 30.2 Å². The summed E-state index contributed by atoms with van der Waals surface area (Å²) in [6.45, 7) is 4.52. The number of H-pyrrole nitrogens is 2. The Hall–Kier alpha value is -4.82. The number of likely N-dealkylation sites (N-methyl/N-ethyl adjacent to an activating group) is 1. The fourth-order valence-corrected chi connectivity index (χ4v) is 4.97. The predicted molar refractivity (Wildman–Crippen MR) is 154 cm³/mol. The number of amides is 1. The summed E-state index contributed by atoms with van der Waals surface area (Å²) in [5, 5.41) is 4.35. The second kappa shape index (κ2) is 10.5. The maximum Gasteiger partial charge on any atom is 0.416 e. The number of alkyl halides is 3. The van der Waals surface area contributed by atoms with Gasteiger partial charge < -0.3 is 25.5 Å². The van der Waals surface area contributed by atoms with Crippen molar-refractivity contribution in [1.29, 1.82) is 0 Å². The number of aromatic nitrogens is 3. The zero-order valence-corrected chi connectivity index (χ0v) is 22.8. The molecule has 6 rings (SSSR count). The van der Waals surface area contributed by atoms with Crippen LogP contribution in [-0.4, -0.2) is 59.0 Å². The summed E-state index contributed by atoms with van der Waals surface area (Å²) in [6, 6.07) is 10.5. The van der Waals surface area contributed by atoms with Crippen molar-refractivity contribution in [2.45, 2.75) is 13.1 Å². The minimum absolute atomic E-state index is 0.0692. The number of nitrogens with zero attached hydrogens (tertiary/aromatic N) is 4. The highest BCUT2D eigenvalue weighted by Gasteiger charge is 2.32. The number of aromatic amines is 2. The Balaban J connectivity index is 1.24. The van der Waals surface area contributed by atoms with Gasteiger partial charge in [-0.2, -0.15) is 13.2 Å². The molecule has 0 spiro atoms. The fraction of sp³-hybridized carbons (Fsp3) is 0.250. The zero-order valence-electron chi connectivity index (χ0n) is 22.8. The summed E-state index contributed by atoms with van der Waals surface area (Å²) >= 11 is 0. The van der Waals surface area contributed by atoms with Crippen LogP contribution in [0.3, 0.4) is 0 Å². The molecule has 5 N–H and O–H groups in total. The molecule has 42 heavy (non-hydrogen) atoms. The summed E-state index contributed by atoms with van der Waals surface area (Å²) in [4.78, 5) is 38.4. The molecule has 0 bridgehead atoms. The number of piperazine rings is 1. The Labute approximate surface area is 238 Å². The molecule has 0 unspecified atom stereocenters. The number of pyridine rings is 1. The van der Waals surface area contributed by atoms with Gasteiger partial charge in [0, 0.05) is 61.1 Å². The largest absolute Gasteiger partial charge is 0.416 e. The zero-order chi connectivity index (χ0) is 29.6. The van der Waals surface area contributed by atoms with Gasteiger partial charge in [0.05, 0.1) is 22.5 Å². The highest BCUT2D eigenvalue weighted by Crippen LogP contribution is 2.35. The van der Waals surface area contributed by atoms with E-state index >= 15 is 0 Å². The smallest absolute Gasteiger partial charge is 0.369 e. The number of hydrogen-bond donors (Lipinski definition) is 5. The molecule has 218 valence electrons. The number of benzene rings is 2. The molecule has 0 aliphatic carbocycles. The topological polar surface area (TPSA) is 124 Å². The van der Waals surface area contributed by atoms with Crippen molar-refractivity contribution in [3.05, 3.63) is 87.6 Å². The van der Waals surface area contributed by atoms with Crippen LogP contribution in [0.5, 0.6) is 0 Å². The Kier molecular flexibility index (Phi) is 6.86. The van der Waals surface area contributed by atoms with Crippen LogP contribution < -0.4 is 31.9 Å². The van der Waals surface area contributed by atoms with E-state index in [-0.39, 0.29) is 16.9 Å². The molecule has 0 atom stereocenters. The van der Waals surface area contributed by atoms with Crippen molar-refractivity contribution in [2.75, 3.05) is 48.5 Å². The summed E-state index contributed by atoms with van der Waals surface area (Å²) in [7, 11) is 1.97. The number of nitrogens with one attached hydrogen (secondary N) is 5. The van der Waals surface area contributed by atoms with Gasteiger partial charge in [-0.05, 0) is 55.9 Å². The Bertz CT molecular complexity index is 1750. The molecule has 0 radical (unpaired) electrons. The number of hydrazine groups is 2. The Morgan fingerprint density at radius 3 is 2.57 bits per heavy atom. The lowest BCUT2D eigenvalue weighted by Gasteiger charge is -2.34. The maximum absolute atomic E-state index is 13.8. The molecule has 11 nitrogen and oxygen atoms in total. The van der Waals surface area contributed by atoms with Crippen LogP contribution in [0.25, 0.3) is 16.9 Å². The molecule has 2 aromatic heterocycles. The first-order valence-electron chi connectivity index (χ1n) is 13.2. The van der Waals surface area contributed by atoms with E-state index in [4.69, 9.17) is 0 Å². The van der Waals surface area contributed by atoms with Crippen LogP contribution in [0.2, 0.25) is 0 Å². The minimum atomic E-state index is -4.56. The van der Waals surface area contributed by atoms with Crippen LogP contribution >= 0.6 is 0 Å². The van der Waals surface area contributed by atoms with Crippen molar-refractivity contribution in [3.63, 3.8) is 0 Å². The average Bonchev–Trinajstić information content (AvgIpc) is 3.59. The number of aryl methyl sites for hydroxylation is 1. The van der Waals surface area contributed by atoms with Crippen LogP contribution in [0.1, 0.15) is 27.0 Å². The normalized spacial score (nSPS) is 16.1. The van der Waals surface area contributed by atoms with E-state index in [0.717, 1.165) is 30.8 Å². The SMILES string of the molecule is Cc1ccc(C(=O)Nc2cc(N3CCN(C)CC3)cc(C(F)(F)F)c2)cc1N1C=C(c2cnc3[nH]c(=O)[nH]c3c2)NN1. The van der Waals surface area contributed by atoms with Crippen LogP contribution in [0.15, 0.2) is 59.7 Å². The molecule has 2 aromatic carbocycles. The van der Waals surface area contributed by atoms with Gasteiger partial charge in [-0.15, -0.1) is 5.53 Å². The minimum Gasteiger partial charge on any atom is -0.369 e. The second-order valence-electron chi connectivity index (χ2n) is 10.4. The molecular formula is C28H28F3N9O2. The number of imidazole rings is 1. The molecule has 4 heterocycles. The van der Waals surface area contributed by atoms with E-state index in [1.54, 1.807) is 47.7 Å². The third-order valence-corrected chi connectivity index (χ3v) is 7.35. The number of hydrogen-bond acceptors (Lipinski definition) is 8. The molecule has 1 fully saturated rings. The maximum atomic E-state index is 13.8. The first-order chi connectivity index (χ1) is 20.0. The molecule has 2 aliphatic heterocycles. The highest BCUT2D eigenvalue weighted by atomic mass is 19.4. The van der Waals surface area contributed by atoms with E-state index in [9.17, 15) is 22.8 Å². The van der Waals surface area contributed by atoms with Crippen LogP contribution in [-0.2, 0) is 6.18 Å². The summed E-state index contributed by atoms with van der Waals surface area (Å²) in [5.41, 5.74) is 9.52. The monoisotopic (exact) mass is 579 g/mol. The quantitative estimate of drug-likeness (QED) is 0.244. The first kappa shape index (κ1) is 27.4. The summed E-state index contributed by atoms with van der Waals surface area (Å²) in [6.07, 6.45) is -1.18. The number of anilines is 3. The van der Waals surface area contributed by atoms with Gasteiger partial charge in [-0.3, -0.25) is 14.8 Å². The van der Waals surface area contributed by atoms with Crippen molar-refractivity contribution in [3.8, 4) is 0 Å². The second-order valence-corrected chi connectivity index (χ2v) is 10.4. The lowest BCUT2D eigenvalue weighted by Crippen LogP contribution is -2.44.